The van der Waals surface area contributed by atoms with E-state index in [-0.39, 0.29) is 88.3 Å². The number of ether oxygens (including phenoxy) is 9. The van der Waals surface area contributed by atoms with Gasteiger partial charge in [-0.1, -0.05) is 60.7 Å². The van der Waals surface area contributed by atoms with Crippen LogP contribution in [-0.2, 0) is 97.3 Å². The molecule has 0 aromatic heterocycles. The molecule has 5 saturated heterocycles. The van der Waals surface area contributed by atoms with E-state index in [1.54, 1.807) is 25.3 Å². The number of halogens is 1. The van der Waals surface area contributed by atoms with Gasteiger partial charge in [-0.3, -0.25) is 9.59 Å². The largest absolute Gasteiger partial charge is 0.486 e. The Morgan fingerprint density at radius 1 is 0.387 bits per heavy atom. The number of carbonyl (C=O) groups is 4. The number of carboxylic acid groups (broad SMARTS) is 2. The molecule has 124 heavy (non-hydrogen) atoms. The highest BCUT2D eigenvalue weighted by atomic mass is 35.5. The number of carbonyl (C=O) groups excluding carboxylic acids is 2. The van der Waals surface area contributed by atoms with Crippen LogP contribution in [0.25, 0.3) is 0 Å². The lowest BCUT2D eigenvalue weighted by atomic mass is 9.51. The van der Waals surface area contributed by atoms with Crippen LogP contribution in [0.1, 0.15) is 180 Å². The molecule has 0 radical (unpaired) electrons. The second kappa shape index (κ2) is 32.4. The summed E-state index contributed by atoms with van der Waals surface area (Å²) in [6.07, 6.45) is 17.1. The van der Waals surface area contributed by atoms with E-state index in [4.69, 9.17) is 63.1 Å². The zero-order chi connectivity index (χ0) is 85.7. The van der Waals surface area contributed by atoms with Crippen LogP contribution in [0.4, 0.5) is 0 Å². The normalized spacial score (nSPS) is 37.6. The number of ketones is 2. The fourth-order valence-electron chi connectivity index (χ4n) is 30.0. The van der Waals surface area contributed by atoms with Crippen molar-refractivity contribution in [3.63, 3.8) is 0 Å². The lowest BCUT2D eigenvalue weighted by Crippen LogP contribution is -2.66. The molecule has 10 heterocycles. The minimum absolute atomic E-state index is 0. The number of hydrogen-bond acceptors (Lipinski definition) is 21. The first kappa shape index (κ1) is 86.6. The molecule has 20 aliphatic rings. The summed E-state index contributed by atoms with van der Waals surface area (Å²) in [5, 5.41) is 43.1. The van der Waals surface area contributed by atoms with Gasteiger partial charge >= 0.3 is 11.9 Å². The van der Waals surface area contributed by atoms with Crippen molar-refractivity contribution in [2.45, 2.75) is 281 Å². The van der Waals surface area contributed by atoms with Crippen molar-refractivity contribution >= 4 is 35.9 Å². The molecule has 23 nitrogen and oxygen atoms in total. The Labute approximate surface area is 736 Å². The summed E-state index contributed by atoms with van der Waals surface area (Å²) in [5.74, 6) is 5.91. The number of carboxylic acids is 2. The quantitative estimate of drug-likeness (QED) is 0.0769. The van der Waals surface area contributed by atoms with E-state index in [1.165, 1.54) is 135 Å². The Hall–Kier alpha value is -6.81. The van der Waals surface area contributed by atoms with E-state index in [0.717, 1.165) is 114 Å². The summed E-state index contributed by atoms with van der Waals surface area (Å²) < 4.78 is 55.3. The molecule has 5 saturated carbocycles. The Bertz CT molecular complexity index is 4790. The van der Waals surface area contributed by atoms with Crippen molar-refractivity contribution in [3.8, 4) is 28.7 Å². The van der Waals surface area contributed by atoms with Gasteiger partial charge in [-0.25, -0.2) is 9.59 Å². The smallest absolute Gasteiger partial charge is 0.335 e. The first-order chi connectivity index (χ1) is 59.2. The van der Waals surface area contributed by atoms with E-state index in [9.17, 15) is 24.3 Å². The van der Waals surface area contributed by atoms with E-state index < -0.39 is 24.1 Å². The zero-order valence-electron chi connectivity index (χ0n) is 74.5. The van der Waals surface area contributed by atoms with Crippen LogP contribution < -0.4 is 23.7 Å². The number of methoxy groups -OCH3 is 2. The number of aryl methyl sites for hydroxylation is 5. The summed E-state index contributed by atoms with van der Waals surface area (Å²) >= 11 is 0. The fourth-order valence-corrected chi connectivity index (χ4v) is 30.0. The monoisotopic (exact) mass is 1720 g/mol. The van der Waals surface area contributed by atoms with Gasteiger partial charge < -0.3 is 92.7 Å². The number of rotatable bonds is 11. The Morgan fingerprint density at radius 3 is 0.960 bits per heavy atom. The maximum atomic E-state index is 12.6. The molecule has 10 aliphatic carbocycles. The molecule has 5 aromatic carbocycles. The van der Waals surface area contributed by atoms with Crippen molar-refractivity contribution in [1.82, 2.24) is 24.5 Å². The molecular weight excluding hydrogens is 1590 g/mol. The van der Waals surface area contributed by atoms with Crippen LogP contribution in [0.15, 0.2) is 60.7 Å². The van der Waals surface area contributed by atoms with Gasteiger partial charge in [0.2, 0.25) is 0 Å². The van der Waals surface area contributed by atoms with Gasteiger partial charge in [-0.2, -0.15) is 0 Å². The van der Waals surface area contributed by atoms with Crippen LogP contribution in [0.5, 0.6) is 28.7 Å². The van der Waals surface area contributed by atoms with Crippen molar-refractivity contribution in [3.05, 3.63) is 144 Å². The van der Waals surface area contributed by atoms with Gasteiger partial charge in [0.1, 0.15) is 47.1 Å². The summed E-state index contributed by atoms with van der Waals surface area (Å²) in [6.45, 7) is 19.0. The number of Topliss-reactive ketones (excluding diaryl/α,β-unsaturated/α-hetero) is 2. The number of nitrogens with zero attached hydrogens (tertiary/aromatic N) is 5. The van der Waals surface area contributed by atoms with Crippen LogP contribution in [-0.4, -0.2) is 273 Å². The van der Waals surface area contributed by atoms with E-state index >= 15 is 0 Å². The van der Waals surface area contributed by atoms with Crippen molar-refractivity contribution < 1.29 is 87.3 Å². The number of aliphatic carboxylic acids is 2. The number of likely N-dealkylation sites (tertiary alicyclic amines) is 5. The number of hydrogen-bond donors (Lipinski definition) is 5. The maximum absolute atomic E-state index is 12.6. The third kappa shape index (κ3) is 12.6. The topological polar surface area (TPSA) is 269 Å². The summed E-state index contributed by atoms with van der Waals surface area (Å²) in [4.78, 5) is 57.5. The van der Waals surface area contributed by atoms with Gasteiger partial charge in [0.05, 0.1) is 44.7 Å². The van der Waals surface area contributed by atoms with Crippen LogP contribution in [0.3, 0.4) is 0 Å². The minimum atomic E-state index is -2.27. The Kier molecular flexibility index (Phi) is 22.6. The summed E-state index contributed by atoms with van der Waals surface area (Å²) in [5.41, 5.74) is 21.4. The number of aliphatic hydroxyl groups excluding tert-OH is 3. The molecule has 10 aliphatic heterocycles. The summed E-state index contributed by atoms with van der Waals surface area (Å²) in [6, 6.07) is 25.7. The second-order valence-electron chi connectivity index (χ2n) is 40.8. The van der Waals surface area contributed by atoms with Crippen LogP contribution in [0.2, 0.25) is 0 Å². The fraction of sp³-hybridized carbons (Fsp3) is 0.660. The third-order valence-electron chi connectivity index (χ3n) is 35.5. The van der Waals surface area contributed by atoms with Gasteiger partial charge in [0.25, 0.3) is 0 Å². The molecule has 25 atom stereocenters. The maximum Gasteiger partial charge on any atom is 0.335 e. The standard InChI is InChI=1S/2C21H29NO3.C18H23NO2.2C18H21NO2.C4H6O6.ClH/c2*1-13-4-5-14-12-16-15-6-7-17(24-11-10-23-3)20-21(15,8-9-22(16)2)18(14)19(13)25-20;3*1-10-3-4-11-9-13-12-5-6-14(20)17-18(12,7-8-19(13)2)15(11)16(10)21-17;5-1(3(7)8)2(6)4(9)10;/h2*4-5,15-17,20H,6-12H2,1-3H3;3-4,12-14,17,20H,5-9H2,1-2H3;2*3-4,12-13,17H,5-9H2,1-2H3;1-2,5-6H,(H,7,8)(H,9,10);1H/t2*15?,16-,17+,20+,21+;12?,13-,14+,17+,18+;2*12?,13-,17+,18+;;/m11111../s1. The molecule has 24 heteroatoms. The Morgan fingerprint density at radius 2 is 0.653 bits per heavy atom. The molecule has 5 aromatic rings. The van der Waals surface area contributed by atoms with Gasteiger partial charge in [-0.15, -0.1) is 12.4 Å². The SMILES string of the molecule is COCCO[C@H]1CCC2[C@H]3Cc4ccc(C)c5c4[C@@]2(CCN3C)[C@H]1O5.COCCO[C@H]1CCC2[C@H]3Cc4ccc(C)c5c4[C@@]2(CCN3C)[C@H]1O5.Cc1ccc2c3c1O[C@H]1C(=O)CCC4[C@@H](C2)N(C)CC[C@@]341.Cc1ccc2c3c1O[C@H]1C(=O)CCC4[C@@H](C2)N(C)CC[C@@]341.Cc1ccc2c3c1O[C@H]1[C@@H](O)CCC4[C@@H](C2)N(C)CC[C@@]341.Cl.O=C(O)C(O)C(O)C(=O)O. The average molecular weight is 1730 g/mol. The number of aliphatic hydroxyl groups is 3. The zero-order valence-corrected chi connectivity index (χ0v) is 75.3. The average Bonchev–Trinajstić information content (AvgIpc) is 1.52. The van der Waals surface area contributed by atoms with Crippen molar-refractivity contribution in [1.29, 1.82) is 0 Å². The van der Waals surface area contributed by atoms with E-state index in [1.807, 2.05) is 0 Å². The lowest BCUT2D eigenvalue weighted by molar-refractivity contribution is -0.165. The highest BCUT2D eigenvalue weighted by molar-refractivity contribution is 5.90. The number of benzene rings is 5. The van der Waals surface area contributed by atoms with Gasteiger partial charge in [0.15, 0.2) is 36.0 Å². The number of piperidine rings is 5. The molecule has 5 spiro atoms. The van der Waals surface area contributed by atoms with Crippen molar-refractivity contribution in [2.75, 3.05) is 109 Å². The predicted octanol–water partition coefficient (Wildman–Crippen LogP) is 10.2. The number of likely N-dealkylation sites (N-methyl/N-ethyl adjacent to an activating group) is 5. The van der Waals surface area contributed by atoms with Gasteiger partial charge in [0, 0.05) is 112 Å². The highest BCUT2D eigenvalue weighted by Gasteiger charge is 2.71. The predicted molar refractivity (Wildman–Crippen MR) is 467 cm³/mol. The summed E-state index contributed by atoms with van der Waals surface area (Å²) in [7, 11) is 14.9. The lowest BCUT2D eigenvalue weighted by Gasteiger charge is -2.58. The third-order valence-corrected chi connectivity index (χ3v) is 35.5. The van der Waals surface area contributed by atoms with Gasteiger partial charge in [-0.05, 0) is 303 Å². The Balaban J connectivity index is 0.0000000989. The molecule has 10 fully saturated rings. The molecule has 5 N–H and O–H groups in total. The minimum Gasteiger partial charge on any atom is -0.486 e. The van der Waals surface area contributed by atoms with Crippen LogP contribution >= 0.6 is 12.4 Å². The molecule has 25 rings (SSSR count). The van der Waals surface area contributed by atoms with Crippen LogP contribution in [0, 0.1) is 64.2 Å². The molecular formula is C100H130ClN5O18. The molecule has 7 unspecified atom stereocenters. The first-order valence-electron chi connectivity index (χ1n) is 46.4. The van der Waals surface area contributed by atoms with Crippen molar-refractivity contribution in [2.24, 2.45) is 29.6 Å². The highest BCUT2D eigenvalue weighted by Crippen LogP contribution is 2.69. The van der Waals surface area contributed by atoms with E-state index in [2.05, 4.69) is 155 Å². The first-order valence-corrected chi connectivity index (χ1v) is 46.4. The molecule has 10 bridgehead atoms. The molecule has 0 amide bonds. The van der Waals surface area contributed by atoms with E-state index in [0.29, 0.717) is 111 Å². The second-order valence-corrected chi connectivity index (χ2v) is 40.8. The molecule has 670 valence electrons.